The van der Waals surface area contributed by atoms with E-state index in [4.69, 9.17) is 15.2 Å². The van der Waals surface area contributed by atoms with Crippen molar-refractivity contribution in [3.63, 3.8) is 0 Å². The molecule has 0 bridgehead atoms. The smallest absolute Gasteiger partial charge is 0.142 e. The number of anilines is 1. The van der Waals surface area contributed by atoms with Gasteiger partial charge in [0, 0.05) is 50.2 Å². The monoisotopic (exact) mass is 403 g/mol. The Morgan fingerprint density at radius 3 is 2.60 bits per heavy atom. The summed E-state index contributed by atoms with van der Waals surface area (Å²) in [5.41, 5.74) is 9.86. The van der Waals surface area contributed by atoms with E-state index < -0.39 is 0 Å². The van der Waals surface area contributed by atoms with E-state index in [2.05, 4.69) is 16.0 Å². The van der Waals surface area contributed by atoms with Gasteiger partial charge < -0.3 is 19.8 Å². The van der Waals surface area contributed by atoms with E-state index in [1.807, 2.05) is 60.4 Å². The average molecular weight is 403 g/mol. The van der Waals surface area contributed by atoms with Gasteiger partial charge in [-0.1, -0.05) is 12.1 Å². The molecule has 0 unspecified atom stereocenters. The second kappa shape index (κ2) is 8.99. The van der Waals surface area contributed by atoms with Gasteiger partial charge in [0.2, 0.25) is 0 Å². The highest BCUT2D eigenvalue weighted by atomic mass is 16.5. The molecular formula is C23H25N5O2. The van der Waals surface area contributed by atoms with Crippen molar-refractivity contribution in [1.82, 2.24) is 14.5 Å². The first-order chi connectivity index (χ1) is 14.6. The predicted molar refractivity (Wildman–Crippen MR) is 116 cm³/mol. The third-order valence-electron chi connectivity index (χ3n) is 5.23. The van der Waals surface area contributed by atoms with Gasteiger partial charge in [0.15, 0.2) is 0 Å². The molecule has 7 nitrogen and oxygen atoms in total. The Morgan fingerprint density at radius 2 is 1.93 bits per heavy atom. The summed E-state index contributed by atoms with van der Waals surface area (Å²) >= 11 is 0. The molecule has 1 fully saturated rings. The molecule has 0 atom stereocenters. The van der Waals surface area contributed by atoms with E-state index in [0.29, 0.717) is 12.2 Å². The van der Waals surface area contributed by atoms with Crippen LogP contribution >= 0.6 is 0 Å². The van der Waals surface area contributed by atoms with Crippen LogP contribution in [-0.4, -0.2) is 53.9 Å². The third kappa shape index (κ3) is 4.46. The highest BCUT2D eigenvalue weighted by molar-refractivity contribution is 5.80. The minimum Gasteiger partial charge on any atom is -0.492 e. The van der Waals surface area contributed by atoms with Gasteiger partial charge in [0.1, 0.15) is 29.8 Å². The van der Waals surface area contributed by atoms with Crippen LogP contribution in [0.15, 0.2) is 48.8 Å². The number of nitrogens with two attached hydrogens (primary N) is 1. The summed E-state index contributed by atoms with van der Waals surface area (Å²) in [7, 11) is 1.95. The lowest BCUT2D eigenvalue weighted by molar-refractivity contribution is 0.0322. The molecule has 1 saturated heterocycles. The Labute approximate surface area is 176 Å². The Balaban J connectivity index is 1.51. The predicted octanol–water partition coefficient (Wildman–Crippen LogP) is 2.92. The first kappa shape index (κ1) is 20.0. The number of benzene rings is 1. The van der Waals surface area contributed by atoms with Crippen molar-refractivity contribution in [3.05, 3.63) is 54.4 Å². The molecule has 1 aliphatic rings. The maximum Gasteiger partial charge on any atom is 0.142 e. The maximum atomic E-state index is 9.61. The second-order valence-corrected chi connectivity index (χ2v) is 7.32. The first-order valence-electron chi connectivity index (χ1n) is 10.0. The van der Waals surface area contributed by atoms with E-state index >= 15 is 0 Å². The number of pyridine rings is 1. The zero-order valence-electron chi connectivity index (χ0n) is 17.0. The molecule has 7 heteroatoms. The fourth-order valence-electron chi connectivity index (χ4n) is 3.56. The number of hydrogen-bond donors (Lipinski definition) is 1. The SMILES string of the molecule is Cn1ccc(-c2cc(-c3ccc(OCCN4CCOCC4)cc3)c(C#N)c(N)n2)c1. The minimum atomic E-state index is 0.236. The number of nitrogen functional groups attached to an aromatic ring is 1. The van der Waals surface area contributed by atoms with Crippen LogP contribution in [0.25, 0.3) is 22.4 Å². The van der Waals surface area contributed by atoms with Crippen LogP contribution in [0.5, 0.6) is 5.75 Å². The van der Waals surface area contributed by atoms with Gasteiger partial charge in [-0.3, -0.25) is 4.90 Å². The summed E-state index contributed by atoms with van der Waals surface area (Å²) in [6.45, 7) is 4.99. The van der Waals surface area contributed by atoms with Gasteiger partial charge in [-0.15, -0.1) is 0 Å². The van der Waals surface area contributed by atoms with Crippen molar-refractivity contribution in [2.75, 3.05) is 45.2 Å². The topological polar surface area (TPSA) is 89.3 Å². The Hall–Kier alpha value is -3.34. The van der Waals surface area contributed by atoms with E-state index in [0.717, 1.165) is 61.0 Å². The molecule has 0 amide bonds. The zero-order valence-corrected chi connectivity index (χ0v) is 17.0. The number of rotatable bonds is 6. The van der Waals surface area contributed by atoms with Gasteiger partial charge >= 0.3 is 0 Å². The lowest BCUT2D eigenvalue weighted by Gasteiger charge is -2.26. The lowest BCUT2D eigenvalue weighted by atomic mass is 9.99. The summed E-state index contributed by atoms with van der Waals surface area (Å²) in [6, 6.07) is 13.8. The van der Waals surface area contributed by atoms with Crippen molar-refractivity contribution in [1.29, 1.82) is 5.26 Å². The number of morpholine rings is 1. The summed E-state index contributed by atoms with van der Waals surface area (Å²) in [4.78, 5) is 6.76. The Kier molecular flexibility index (Phi) is 5.98. The molecule has 3 heterocycles. The van der Waals surface area contributed by atoms with Crippen molar-refractivity contribution in [2.45, 2.75) is 0 Å². The van der Waals surface area contributed by atoms with Crippen molar-refractivity contribution in [3.8, 4) is 34.2 Å². The molecule has 3 aromatic rings. The molecule has 0 spiro atoms. The van der Waals surface area contributed by atoms with Crippen LogP contribution in [0.2, 0.25) is 0 Å². The summed E-state index contributed by atoms with van der Waals surface area (Å²) in [6.07, 6.45) is 3.93. The van der Waals surface area contributed by atoms with Gasteiger partial charge in [-0.05, 0) is 29.8 Å². The molecule has 1 aliphatic heterocycles. The Bertz CT molecular complexity index is 1050. The van der Waals surface area contributed by atoms with Gasteiger partial charge in [-0.2, -0.15) is 5.26 Å². The van der Waals surface area contributed by atoms with Crippen molar-refractivity contribution >= 4 is 5.82 Å². The van der Waals surface area contributed by atoms with Crippen molar-refractivity contribution < 1.29 is 9.47 Å². The molecule has 154 valence electrons. The highest BCUT2D eigenvalue weighted by Gasteiger charge is 2.14. The molecule has 1 aromatic carbocycles. The standard InChI is InChI=1S/C23H25N5O2/c1-27-7-6-18(16-27)22-14-20(21(15-24)23(25)26-22)17-2-4-19(5-3-17)30-13-10-28-8-11-29-12-9-28/h2-7,14,16H,8-13H2,1H3,(H2,25,26). The second-order valence-electron chi connectivity index (χ2n) is 7.32. The van der Waals surface area contributed by atoms with Gasteiger partial charge in [-0.25, -0.2) is 4.98 Å². The van der Waals surface area contributed by atoms with Crippen LogP contribution in [0.3, 0.4) is 0 Å². The zero-order chi connectivity index (χ0) is 20.9. The number of aromatic nitrogens is 2. The van der Waals surface area contributed by atoms with Crippen molar-refractivity contribution in [2.24, 2.45) is 7.05 Å². The van der Waals surface area contributed by atoms with E-state index in [9.17, 15) is 5.26 Å². The van der Waals surface area contributed by atoms with Gasteiger partial charge in [0.05, 0.1) is 18.9 Å². The van der Waals surface area contributed by atoms with Crippen LogP contribution in [0.4, 0.5) is 5.82 Å². The lowest BCUT2D eigenvalue weighted by Crippen LogP contribution is -2.38. The number of hydrogen-bond acceptors (Lipinski definition) is 6. The molecule has 0 aliphatic carbocycles. The fourth-order valence-corrected chi connectivity index (χ4v) is 3.56. The number of nitrogens with zero attached hydrogens (tertiary/aromatic N) is 4. The van der Waals surface area contributed by atoms with E-state index in [1.54, 1.807) is 0 Å². The van der Waals surface area contributed by atoms with Crippen LogP contribution < -0.4 is 10.5 Å². The number of nitriles is 1. The third-order valence-corrected chi connectivity index (χ3v) is 5.23. The van der Waals surface area contributed by atoms with E-state index in [-0.39, 0.29) is 5.82 Å². The fraction of sp³-hybridized carbons (Fsp3) is 0.304. The maximum absolute atomic E-state index is 9.61. The average Bonchev–Trinajstić information content (AvgIpc) is 3.21. The highest BCUT2D eigenvalue weighted by Crippen LogP contribution is 2.32. The molecule has 30 heavy (non-hydrogen) atoms. The molecule has 0 radical (unpaired) electrons. The molecule has 2 aromatic heterocycles. The Morgan fingerprint density at radius 1 is 1.17 bits per heavy atom. The normalized spacial score (nSPS) is 14.4. The van der Waals surface area contributed by atoms with E-state index in [1.165, 1.54) is 0 Å². The summed E-state index contributed by atoms with van der Waals surface area (Å²) < 4.78 is 13.2. The minimum absolute atomic E-state index is 0.236. The number of ether oxygens (including phenoxy) is 2. The first-order valence-corrected chi connectivity index (χ1v) is 10.0. The molecule has 2 N–H and O–H groups in total. The molecular weight excluding hydrogens is 378 g/mol. The largest absolute Gasteiger partial charge is 0.492 e. The summed E-state index contributed by atoms with van der Waals surface area (Å²) in [5, 5.41) is 9.61. The molecule has 4 rings (SSSR count). The number of aryl methyl sites for hydroxylation is 1. The summed E-state index contributed by atoms with van der Waals surface area (Å²) in [5.74, 6) is 1.04. The van der Waals surface area contributed by atoms with Gasteiger partial charge in [0.25, 0.3) is 0 Å². The molecule has 0 saturated carbocycles. The van der Waals surface area contributed by atoms with Crippen LogP contribution in [0.1, 0.15) is 5.56 Å². The quantitative estimate of drug-likeness (QED) is 0.681. The van der Waals surface area contributed by atoms with Crippen LogP contribution in [-0.2, 0) is 11.8 Å². The van der Waals surface area contributed by atoms with Crippen LogP contribution in [0, 0.1) is 11.3 Å².